The van der Waals surface area contributed by atoms with Gasteiger partial charge in [0.15, 0.2) is 0 Å². The largest absolute Gasteiger partial charge is 0.416 e. The third-order valence-electron chi connectivity index (χ3n) is 4.17. The number of anilines is 2. The van der Waals surface area contributed by atoms with Crippen molar-refractivity contribution < 1.29 is 22.8 Å². The Labute approximate surface area is 168 Å². The Morgan fingerprint density at radius 3 is 2.21 bits per heavy atom. The lowest BCUT2D eigenvalue weighted by Gasteiger charge is -2.18. The Bertz CT molecular complexity index is 986. The topological polar surface area (TPSA) is 49.4 Å². The van der Waals surface area contributed by atoms with Crippen LogP contribution in [0.25, 0.3) is 0 Å². The van der Waals surface area contributed by atoms with Crippen molar-refractivity contribution in [3.8, 4) is 0 Å². The minimum atomic E-state index is -4.66. The van der Waals surface area contributed by atoms with Crippen molar-refractivity contribution in [2.45, 2.75) is 19.5 Å². The highest BCUT2D eigenvalue weighted by molar-refractivity contribution is 6.53. The summed E-state index contributed by atoms with van der Waals surface area (Å²) in [4.78, 5) is 25.7. The van der Waals surface area contributed by atoms with E-state index in [1.54, 1.807) is 12.1 Å². The van der Waals surface area contributed by atoms with Gasteiger partial charge in [0, 0.05) is 5.69 Å². The van der Waals surface area contributed by atoms with Crippen molar-refractivity contribution in [3.05, 3.63) is 69.3 Å². The molecule has 0 spiro atoms. The normalized spacial score (nSPS) is 14.9. The fraction of sp³-hybridized carbons (Fsp3) is 0.158. The first-order chi connectivity index (χ1) is 13.1. The van der Waals surface area contributed by atoms with E-state index in [0.29, 0.717) is 16.7 Å². The van der Waals surface area contributed by atoms with Crippen molar-refractivity contribution in [3.63, 3.8) is 0 Å². The lowest BCUT2D eigenvalue weighted by molar-refractivity contribution is -0.137. The molecule has 9 heteroatoms. The van der Waals surface area contributed by atoms with Crippen LogP contribution in [0.4, 0.5) is 24.5 Å². The summed E-state index contributed by atoms with van der Waals surface area (Å²) in [5, 5.41) is 2.14. The van der Waals surface area contributed by atoms with Crippen molar-refractivity contribution in [1.29, 1.82) is 0 Å². The van der Waals surface area contributed by atoms with E-state index in [4.69, 9.17) is 23.2 Å². The summed E-state index contributed by atoms with van der Waals surface area (Å²) in [7, 11) is 0. The van der Waals surface area contributed by atoms with E-state index in [2.05, 4.69) is 5.32 Å². The Morgan fingerprint density at radius 2 is 1.64 bits per heavy atom. The van der Waals surface area contributed by atoms with E-state index in [0.717, 1.165) is 24.1 Å². The Morgan fingerprint density at radius 1 is 1.00 bits per heavy atom. The second-order valence-electron chi connectivity index (χ2n) is 5.97. The highest BCUT2D eigenvalue weighted by atomic mass is 35.5. The molecule has 0 aliphatic carbocycles. The van der Waals surface area contributed by atoms with Crippen LogP contribution in [-0.2, 0) is 22.2 Å². The van der Waals surface area contributed by atoms with Crippen LogP contribution in [0.3, 0.4) is 0 Å². The number of carbonyl (C=O) groups excluding carboxylic acids is 2. The average Bonchev–Trinajstić information content (AvgIpc) is 2.85. The molecule has 4 nitrogen and oxygen atoms in total. The molecule has 0 unspecified atom stereocenters. The average molecular weight is 429 g/mol. The van der Waals surface area contributed by atoms with Crippen LogP contribution in [0.1, 0.15) is 18.1 Å². The van der Waals surface area contributed by atoms with E-state index in [9.17, 15) is 22.8 Å². The predicted molar refractivity (Wildman–Crippen MR) is 101 cm³/mol. The van der Waals surface area contributed by atoms with Gasteiger partial charge in [0.25, 0.3) is 11.8 Å². The summed E-state index contributed by atoms with van der Waals surface area (Å²) in [5.74, 6) is -1.85. The molecule has 0 fully saturated rings. The van der Waals surface area contributed by atoms with E-state index < -0.39 is 28.6 Å². The van der Waals surface area contributed by atoms with E-state index in [-0.39, 0.29) is 16.4 Å². The summed E-state index contributed by atoms with van der Waals surface area (Å²) in [6, 6.07) is 9.45. The zero-order valence-corrected chi connectivity index (χ0v) is 15.9. The summed E-state index contributed by atoms with van der Waals surface area (Å²) in [6.07, 6.45) is -3.84. The summed E-state index contributed by atoms with van der Waals surface area (Å²) < 4.78 is 39.0. The first-order valence-corrected chi connectivity index (χ1v) is 8.90. The third kappa shape index (κ3) is 3.72. The molecule has 146 valence electrons. The Balaban J connectivity index is 1.94. The fourth-order valence-corrected chi connectivity index (χ4v) is 3.07. The SMILES string of the molecule is CCc1ccc(NC2=C(Cl)C(=O)N(c3cc(C(F)(F)F)ccc3Cl)C2=O)cc1. The highest BCUT2D eigenvalue weighted by Gasteiger charge is 2.41. The molecule has 2 aromatic rings. The number of rotatable bonds is 4. The number of nitrogens with one attached hydrogen (secondary N) is 1. The molecule has 0 atom stereocenters. The van der Waals surface area contributed by atoms with Crippen LogP contribution in [0, 0.1) is 0 Å². The van der Waals surface area contributed by atoms with Crippen LogP contribution in [0.5, 0.6) is 0 Å². The minimum absolute atomic E-state index is 0.187. The lowest BCUT2D eigenvalue weighted by atomic mass is 10.1. The van der Waals surface area contributed by atoms with Gasteiger partial charge in [-0.05, 0) is 42.3 Å². The van der Waals surface area contributed by atoms with E-state index in [1.165, 1.54) is 0 Å². The zero-order chi connectivity index (χ0) is 20.6. The van der Waals surface area contributed by atoms with E-state index in [1.807, 2.05) is 19.1 Å². The van der Waals surface area contributed by atoms with Gasteiger partial charge in [0.05, 0.1) is 16.3 Å². The monoisotopic (exact) mass is 428 g/mol. The standard InChI is InChI=1S/C19H13Cl2F3N2O2/c1-2-10-3-6-12(7-4-10)25-16-15(21)17(27)26(18(16)28)14-9-11(19(22,23)24)5-8-13(14)20/h3-9,25H,2H2,1H3. The van der Waals surface area contributed by atoms with Gasteiger partial charge in [0.1, 0.15) is 10.7 Å². The summed E-state index contributed by atoms with van der Waals surface area (Å²) in [5.41, 5.74) is -0.0901. The van der Waals surface area contributed by atoms with Gasteiger partial charge in [-0.25, -0.2) is 4.90 Å². The number of amides is 2. The fourth-order valence-electron chi connectivity index (χ4n) is 2.66. The van der Waals surface area contributed by atoms with Crippen molar-refractivity contribution in [1.82, 2.24) is 0 Å². The van der Waals surface area contributed by atoms with Gasteiger partial charge in [0.2, 0.25) is 0 Å². The molecule has 3 rings (SSSR count). The quantitative estimate of drug-likeness (QED) is 0.667. The number of alkyl halides is 3. The summed E-state index contributed by atoms with van der Waals surface area (Å²) in [6.45, 7) is 1.98. The molecule has 2 aromatic carbocycles. The smallest absolute Gasteiger partial charge is 0.350 e. The lowest BCUT2D eigenvalue weighted by Crippen LogP contribution is -2.32. The second-order valence-corrected chi connectivity index (χ2v) is 6.76. The Kier molecular flexibility index (Phi) is 5.41. The van der Waals surface area contributed by atoms with Gasteiger partial charge in [-0.1, -0.05) is 42.3 Å². The maximum absolute atomic E-state index is 13.0. The maximum atomic E-state index is 13.0. The molecule has 0 aromatic heterocycles. The van der Waals surface area contributed by atoms with Gasteiger partial charge in [-0.3, -0.25) is 9.59 Å². The molecule has 1 aliphatic heterocycles. The van der Waals surface area contributed by atoms with Crippen LogP contribution in [-0.4, -0.2) is 11.8 Å². The number of imide groups is 1. The van der Waals surface area contributed by atoms with Crippen molar-refractivity contribution in [2.75, 3.05) is 10.2 Å². The predicted octanol–water partition coefficient (Wildman–Crippen LogP) is 5.36. The van der Waals surface area contributed by atoms with Gasteiger partial charge in [-0.2, -0.15) is 13.2 Å². The number of carbonyl (C=O) groups is 2. The molecular weight excluding hydrogens is 416 g/mol. The summed E-state index contributed by atoms with van der Waals surface area (Å²) >= 11 is 11.9. The van der Waals surface area contributed by atoms with Crippen LogP contribution < -0.4 is 10.2 Å². The molecule has 0 saturated carbocycles. The minimum Gasteiger partial charge on any atom is -0.350 e. The highest BCUT2D eigenvalue weighted by Crippen LogP contribution is 2.38. The van der Waals surface area contributed by atoms with Crippen LogP contribution in [0.15, 0.2) is 53.2 Å². The Hall–Kier alpha value is -2.51. The zero-order valence-electron chi connectivity index (χ0n) is 14.4. The number of benzene rings is 2. The van der Waals surface area contributed by atoms with Crippen molar-refractivity contribution >= 4 is 46.4 Å². The molecule has 1 heterocycles. The first kappa shape index (κ1) is 20.2. The number of hydrogen-bond acceptors (Lipinski definition) is 3. The van der Waals surface area contributed by atoms with Gasteiger partial charge >= 0.3 is 6.18 Å². The maximum Gasteiger partial charge on any atom is 0.416 e. The van der Waals surface area contributed by atoms with Gasteiger partial charge in [-0.15, -0.1) is 0 Å². The number of nitrogens with zero attached hydrogens (tertiary/aromatic N) is 1. The molecule has 28 heavy (non-hydrogen) atoms. The van der Waals surface area contributed by atoms with Crippen LogP contribution in [0.2, 0.25) is 5.02 Å². The molecular formula is C19H13Cl2F3N2O2. The number of hydrogen-bond donors (Lipinski definition) is 1. The molecule has 0 saturated heterocycles. The second kappa shape index (κ2) is 7.48. The number of halogens is 5. The first-order valence-electron chi connectivity index (χ1n) is 8.14. The van der Waals surface area contributed by atoms with Crippen LogP contribution >= 0.6 is 23.2 Å². The molecule has 1 aliphatic rings. The molecule has 0 radical (unpaired) electrons. The van der Waals surface area contributed by atoms with Crippen molar-refractivity contribution in [2.24, 2.45) is 0 Å². The van der Waals surface area contributed by atoms with Gasteiger partial charge < -0.3 is 5.32 Å². The molecule has 2 amide bonds. The molecule has 1 N–H and O–H groups in total. The number of aryl methyl sites for hydroxylation is 1. The molecule has 0 bridgehead atoms. The van der Waals surface area contributed by atoms with E-state index >= 15 is 0 Å². The third-order valence-corrected chi connectivity index (χ3v) is 4.84.